The Bertz CT molecular complexity index is 636. The number of ether oxygens (including phenoxy) is 1. The van der Waals surface area contributed by atoms with Gasteiger partial charge in [0.05, 0.1) is 18.4 Å². The highest BCUT2D eigenvalue weighted by Gasteiger charge is 2.40. The minimum Gasteiger partial charge on any atom is -0.465 e. The first-order valence-corrected chi connectivity index (χ1v) is 8.75. The number of aryl methyl sites for hydroxylation is 1. The van der Waals surface area contributed by atoms with E-state index in [1.54, 1.807) is 6.07 Å². The van der Waals surface area contributed by atoms with E-state index in [2.05, 4.69) is 5.32 Å². The van der Waals surface area contributed by atoms with Crippen molar-refractivity contribution < 1.29 is 14.3 Å². The molecule has 0 aromatic heterocycles. The average molecular weight is 367 g/mol. The van der Waals surface area contributed by atoms with Crippen LogP contribution in [0.4, 0.5) is 5.69 Å². The van der Waals surface area contributed by atoms with Gasteiger partial charge < -0.3 is 15.8 Å². The number of carbonyl (C=O) groups excluding carboxylic acids is 2. The third-order valence-corrected chi connectivity index (χ3v) is 5.70. The first kappa shape index (κ1) is 19.7. The van der Waals surface area contributed by atoms with E-state index in [-0.39, 0.29) is 30.3 Å². The molecule has 6 heteroatoms. The minimum atomic E-state index is -0.425. The van der Waals surface area contributed by atoms with Crippen LogP contribution in [-0.2, 0) is 9.53 Å². The molecule has 0 saturated heterocycles. The number of anilines is 1. The Balaban J connectivity index is 0.00000225. The van der Waals surface area contributed by atoms with Gasteiger partial charge in [0.1, 0.15) is 0 Å². The molecule has 3 rings (SSSR count). The fraction of sp³-hybridized carbons (Fsp3) is 0.579. The molecule has 2 unspecified atom stereocenters. The number of halogens is 1. The molecule has 2 atom stereocenters. The van der Waals surface area contributed by atoms with Gasteiger partial charge in [-0.3, -0.25) is 4.79 Å². The molecule has 1 aromatic rings. The minimum absolute atomic E-state index is 0. The SMILES string of the molecule is COC(=O)c1c(C)cccc1NC(=O)C1CC2CCCC(C1)C2N.Cl. The Morgan fingerprint density at radius 3 is 2.44 bits per heavy atom. The van der Waals surface area contributed by atoms with Crippen molar-refractivity contribution in [3.8, 4) is 0 Å². The lowest BCUT2D eigenvalue weighted by Gasteiger charge is -2.43. The van der Waals surface area contributed by atoms with E-state index in [4.69, 9.17) is 10.5 Å². The van der Waals surface area contributed by atoms with Crippen LogP contribution in [0.25, 0.3) is 0 Å². The maximum Gasteiger partial charge on any atom is 0.340 e. The molecule has 2 bridgehead atoms. The molecule has 138 valence electrons. The third-order valence-electron chi connectivity index (χ3n) is 5.70. The maximum atomic E-state index is 12.8. The van der Waals surface area contributed by atoms with Crippen molar-refractivity contribution in [2.45, 2.75) is 45.1 Å². The molecule has 2 fully saturated rings. The van der Waals surface area contributed by atoms with E-state index >= 15 is 0 Å². The molecule has 1 amide bonds. The van der Waals surface area contributed by atoms with Gasteiger partial charge >= 0.3 is 5.97 Å². The van der Waals surface area contributed by atoms with Gasteiger partial charge in [-0.15, -0.1) is 12.4 Å². The first-order valence-electron chi connectivity index (χ1n) is 8.75. The number of amides is 1. The topological polar surface area (TPSA) is 81.4 Å². The summed E-state index contributed by atoms with van der Waals surface area (Å²) in [5.74, 6) is 0.447. The molecule has 0 aliphatic heterocycles. The normalized spacial score (nSPS) is 27.8. The van der Waals surface area contributed by atoms with Crippen LogP contribution in [0.3, 0.4) is 0 Å². The summed E-state index contributed by atoms with van der Waals surface area (Å²) in [4.78, 5) is 24.8. The maximum absolute atomic E-state index is 12.8. The van der Waals surface area contributed by atoms with E-state index in [9.17, 15) is 9.59 Å². The monoisotopic (exact) mass is 366 g/mol. The quantitative estimate of drug-likeness (QED) is 0.804. The number of nitrogens with one attached hydrogen (secondary N) is 1. The van der Waals surface area contributed by atoms with Crippen LogP contribution in [0, 0.1) is 24.7 Å². The van der Waals surface area contributed by atoms with Crippen molar-refractivity contribution in [2.75, 3.05) is 12.4 Å². The number of hydrogen-bond acceptors (Lipinski definition) is 4. The Morgan fingerprint density at radius 2 is 1.84 bits per heavy atom. The molecule has 0 spiro atoms. The third kappa shape index (κ3) is 3.98. The van der Waals surface area contributed by atoms with E-state index in [0.29, 0.717) is 23.1 Å². The number of rotatable bonds is 3. The molecule has 5 nitrogen and oxygen atoms in total. The molecule has 0 radical (unpaired) electrons. The molecular weight excluding hydrogens is 340 g/mol. The number of methoxy groups -OCH3 is 1. The molecule has 25 heavy (non-hydrogen) atoms. The number of benzene rings is 1. The molecule has 1 aromatic carbocycles. The predicted molar refractivity (Wildman–Crippen MR) is 99.9 cm³/mol. The summed E-state index contributed by atoms with van der Waals surface area (Å²) in [5.41, 5.74) is 8.07. The summed E-state index contributed by atoms with van der Waals surface area (Å²) in [5, 5.41) is 2.96. The van der Waals surface area contributed by atoms with Crippen LogP contribution in [0.1, 0.15) is 48.0 Å². The lowest BCUT2D eigenvalue weighted by Crippen LogP contribution is -2.48. The lowest BCUT2D eigenvalue weighted by molar-refractivity contribution is -0.122. The fourth-order valence-electron chi connectivity index (χ4n) is 4.38. The molecule has 3 N–H and O–H groups in total. The van der Waals surface area contributed by atoms with Gasteiger partial charge in [0.25, 0.3) is 0 Å². The van der Waals surface area contributed by atoms with Crippen LogP contribution in [-0.4, -0.2) is 25.0 Å². The predicted octanol–water partition coefficient (Wildman–Crippen LogP) is 3.30. The summed E-state index contributed by atoms with van der Waals surface area (Å²) in [6, 6.07) is 5.67. The van der Waals surface area contributed by atoms with Crippen LogP contribution < -0.4 is 11.1 Å². The standard InChI is InChI=1S/C19H26N2O3.ClH/c1-11-5-3-8-15(16(11)19(23)24-2)21-18(22)14-9-12-6-4-7-13(10-14)17(12)20;/h3,5,8,12-14,17H,4,6-7,9-10,20H2,1-2H3,(H,21,22);1H. The number of nitrogens with two attached hydrogens (primary N) is 1. The molecular formula is C19H27ClN2O3. The van der Waals surface area contributed by atoms with E-state index in [0.717, 1.165) is 31.2 Å². The van der Waals surface area contributed by atoms with Crippen LogP contribution in [0.5, 0.6) is 0 Å². The second-order valence-corrected chi connectivity index (χ2v) is 7.18. The van der Waals surface area contributed by atoms with Crippen LogP contribution in [0.2, 0.25) is 0 Å². The second-order valence-electron chi connectivity index (χ2n) is 7.18. The highest BCUT2D eigenvalue weighted by Crippen LogP contribution is 2.42. The summed E-state index contributed by atoms with van der Waals surface area (Å²) >= 11 is 0. The van der Waals surface area contributed by atoms with Crippen LogP contribution >= 0.6 is 12.4 Å². The van der Waals surface area contributed by atoms with E-state index in [1.165, 1.54) is 13.5 Å². The Kier molecular flexibility index (Phi) is 6.47. The van der Waals surface area contributed by atoms with Crippen molar-refractivity contribution in [1.29, 1.82) is 0 Å². The average Bonchev–Trinajstić information content (AvgIpc) is 2.54. The number of esters is 1. The highest BCUT2D eigenvalue weighted by atomic mass is 35.5. The van der Waals surface area contributed by atoms with Crippen molar-refractivity contribution >= 4 is 30.0 Å². The Labute approximate surface area is 155 Å². The largest absolute Gasteiger partial charge is 0.465 e. The van der Waals surface area contributed by atoms with Crippen molar-refractivity contribution in [3.05, 3.63) is 29.3 Å². The number of carbonyl (C=O) groups is 2. The van der Waals surface area contributed by atoms with Gasteiger partial charge in [0.2, 0.25) is 5.91 Å². The van der Waals surface area contributed by atoms with Gasteiger partial charge in [0, 0.05) is 12.0 Å². The van der Waals surface area contributed by atoms with Gasteiger partial charge in [-0.05, 0) is 56.1 Å². The number of fused-ring (bicyclic) bond motifs is 2. The summed E-state index contributed by atoms with van der Waals surface area (Å²) in [6.45, 7) is 1.84. The molecule has 0 heterocycles. The zero-order valence-electron chi connectivity index (χ0n) is 14.8. The van der Waals surface area contributed by atoms with Gasteiger partial charge in [0.15, 0.2) is 0 Å². The summed E-state index contributed by atoms with van der Waals surface area (Å²) < 4.78 is 4.85. The molecule has 2 saturated carbocycles. The van der Waals surface area contributed by atoms with Gasteiger partial charge in [-0.25, -0.2) is 4.79 Å². The van der Waals surface area contributed by atoms with Crippen molar-refractivity contribution in [3.63, 3.8) is 0 Å². The Hall–Kier alpha value is -1.59. The highest BCUT2D eigenvalue weighted by molar-refractivity contribution is 6.02. The lowest BCUT2D eigenvalue weighted by atomic mass is 9.65. The van der Waals surface area contributed by atoms with Crippen LogP contribution in [0.15, 0.2) is 18.2 Å². The number of hydrogen-bond donors (Lipinski definition) is 2. The van der Waals surface area contributed by atoms with Gasteiger partial charge in [-0.2, -0.15) is 0 Å². The van der Waals surface area contributed by atoms with E-state index in [1.807, 2.05) is 19.1 Å². The van der Waals surface area contributed by atoms with E-state index < -0.39 is 5.97 Å². The zero-order chi connectivity index (χ0) is 17.3. The second kappa shape index (κ2) is 8.19. The molecule has 2 aliphatic carbocycles. The zero-order valence-corrected chi connectivity index (χ0v) is 15.6. The fourth-order valence-corrected chi connectivity index (χ4v) is 4.38. The van der Waals surface area contributed by atoms with Gasteiger partial charge in [-0.1, -0.05) is 18.6 Å². The summed E-state index contributed by atoms with van der Waals surface area (Å²) in [6.07, 6.45) is 5.17. The molecule has 2 aliphatic rings. The Morgan fingerprint density at radius 1 is 1.20 bits per heavy atom. The summed E-state index contributed by atoms with van der Waals surface area (Å²) in [7, 11) is 1.35. The van der Waals surface area contributed by atoms with Crippen molar-refractivity contribution in [2.24, 2.45) is 23.5 Å². The van der Waals surface area contributed by atoms with Crippen molar-refractivity contribution in [1.82, 2.24) is 0 Å². The smallest absolute Gasteiger partial charge is 0.340 e. The first-order chi connectivity index (χ1) is 11.5.